The molecule has 1 aromatic heterocycles. The zero-order chi connectivity index (χ0) is 18.9. The lowest BCUT2D eigenvalue weighted by Crippen LogP contribution is -2.13. The third-order valence-electron chi connectivity index (χ3n) is 3.82. The molecule has 0 fully saturated rings. The highest BCUT2D eigenvalue weighted by Crippen LogP contribution is 2.22. The monoisotopic (exact) mass is 362 g/mol. The molecule has 0 saturated heterocycles. The molecule has 138 valence electrons. The number of aromatic nitrogens is 2. The van der Waals surface area contributed by atoms with Crippen LogP contribution in [0.3, 0.4) is 0 Å². The molecule has 2 aromatic carbocycles. The minimum atomic E-state index is -0.258. The molecule has 2 N–H and O–H groups in total. The summed E-state index contributed by atoms with van der Waals surface area (Å²) < 4.78 is 5.74. The molecular formula is C21H22N4O2. The van der Waals surface area contributed by atoms with Crippen molar-refractivity contribution < 1.29 is 9.53 Å². The van der Waals surface area contributed by atoms with Crippen LogP contribution < -0.4 is 15.4 Å². The van der Waals surface area contributed by atoms with E-state index in [1.54, 1.807) is 24.3 Å². The second kappa shape index (κ2) is 9.33. The third-order valence-corrected chi connectivity index (χ3v) is 3.82. The Morgan fingerprint density at radius 1 is 0.963 bits per heavy atom. The predicted molar refractivity (Wildman–Crippen MR) is 106 cm³/mol. The molecule has 0 atom stereocenters. The fraction of sp³-hybridized carbons (Fsp3) is 0.190. The van der Waals surface area contributed by atoms with E-state index in [9.17, 15) is 4.79 Å². The van der Waals surface area contributed by atoms with Gasteiger partial charge in [-0.3, -0.25) is 4.79 Å². The van der Waals surface area contributed by atoms with Crippen molar-refractivity contribution in [3.8, 4) is 11.5 Å². The van der Waals surface area contributed by atoms with Gasteiger partial charge in [-0.1, -0.05) is 31.5 Å². The number of rotatable bonds is 8. The van der Waals surface area contributed by atoms with E-state index in [0.717, 1.165) is 25.1 Å². The topological polar surface area (TPSA) is 76.1 Å². The fourth-order valence-corrected chi connectivity index (χ4v) is 2.35. The Bertz CT molecular complexity index is 850. The zero-order valence-electron chi connectivity index (χ0n) is 15.2. The van der Waals surface area contributed by atoms with Crippen LogP contribution in [0.15, 0.2) is 67.0 Å². The van der Waals surface area contributed by atoms with Crippen LogP contribution in [-0.2, 0) is 0 Å². The highest BCUT2D eigenvalue weighted by atomic mass is 16.5. The second-order valence-electron chi connectivity index (χ2n) is 5.97. The second-order valence-corrected chi connectivity index (χ2v) is 5.97. The summed E-state index contributed by atoms with van der Waals surface area (Å²) in [6.07, 6.45) is 5.19. The molecule has 1 amide bonds. The van der Waals surface area contributed by atoms with Crippen LogP contribution in [0.25, 0.3) is 0 Å². The number of carbonyl (C=O) groups is 1. The molecule has 0 bridgehead atoms. The maximum Gasteiger partial charge on any atom is 0.258 e. The van der Waals surface area contributed by atoms with Crippen molar-refractivity contribution in [3.05, 3.63) is 72.6 Å². The van der Waals surface area contributed by atoms with Gasteiger partial charge in [0.2, 0.25) is 5.95 Å². The lowest BCUT2D eigenvalue weighted by atomic mass is 10.2. The van der Waals surface area contributed by atoms with E-state index in [0.29, 0.717) is 22.9 Å². The van der Waals surface area contributed by atoms with Crippen molar-refractivity contribution >= 4 is 17.5 Å². The predicted octanol–water partition coefficient (Wildman–Crippen LogP) is 4.73. The van der Waals surface area contributed by atoms with Gasteiger partial charge >= 0.3 is 0 Å². The van der Waals surface area contributed by atoms with Gasteiger partial charge in [-0.05, 0) is 42.8 Å². The SMILES string of the molecule is CCCCNc1ncc(C(=O)Nc2ccc(Oc3ccccc3)cc2)cn1. The number of carbonyl (C=O) groups excluding carboxylic acids is 1. The summed E-state index contributed by atoms with van der Waals surface area (Å²) in [7, 11) is 0. The number of para-hydroxylation sites is 1. The Labute approximate surface area is 158 Å². The highest BCUT2D eigenvalue weighted by molar-refractivity contribution is 6.03. The Morgan fingerprint density at radius 2 is 1.63 bits per heavy atom. The largest absolute Gasteiger partial charge is 0.457 e. The molecule has 0 aliphatic carbocycles. The summed E-state index contributed by atoms with van der Waals surface area (Å²) in [4.78, 5) is 20.7. The van der Waals surface area contributed by atoms with Crippen LogP contribution in [0.1, 0.15) is 30.1 Å². The van der Waals surface area contributed by atoms with Crippen molar-refractivity contribution in [1.82, 2.24) is 9.97 Å². The van der Waals surface area contributed by atoms with E-state index in [2.05, 4.69) is 27.5 Å². The Morgan fingerprint density at radius 3 is 2.30 bits per heavy atom. The molecule has 0 aliphatic heterocycles. The van der Waals surface area contributed by atoms with E-state index in [1.165, 1.54) is 12.4 Å². The summed E-state index contributed by atoms with van der Waals surface area (Å²) >= 11 is 0. The van der Waals surface area contributed by atoms with Crippen LogP contribution in [0, 0.1) is 0 Å². The molecule has 0 unspecified atom stereocenters. The smallest absolute Gasteiger partial charge is 0.258 e. The highest BCUT2D eigenvalue weighted by Gasteiger charge is 2.08. The molecule has 1 heterocycles. The number of nitrogens with one attached hydrogen (secondary N) is 2. The molecule has 6 nitrogen and oxygen atoms in total. The van der Waals surface area contributed by atoms with Gasteiger partial charge < -0.3 is 15.4 Å². The van der Waals surface area contributed by atoms with Crippen molar-refractivity contribution in [2.75, 3.05) is 17.2 Å². The quantitative estimate of drug-likeness (QED) is 0.566. The number of nitrogens with zero attached hydrogens (tertiary/aromatic N) is 2. The van der Waals surface area contributed by atoms with Gasteiger partial charge in [-0.25, -0.2) is 9.97 Å². The number of anilines is 2. The number of unbranched alkanes of at least 4 members (excludes halogenated alkanes) is 1. The van der Waals surface area contributed by atoms with Gasteiger partial charge in [0.1, 0.15) is 11.5 Å². The van der Waals surface area contributed by atoms with Crippen molar-refractivity contribution in [1.29, 1.82) is 0 Å². The van der Waals surface area contributed by atoms with E-state index in [1.807, 2.05) is 30.3 Å². The number of hydrogen-bond acceptors (Lipinski definition) is 5. The Kier molecular flexibility index (Phi) is 6.35. The van der Waals surface area contributed by atoms with Gasteiger partial charge in [0, 0.05) is 24.6 Å². The minimum absolute atomic E-state index is 0.258. The van der Waals surface area contributed by atoms with E-state index >= 15 is 0 Å². The first-order valence-electron chi connectivity index (χ1n) is 8.95. The number of hydrogen-bond donors (Lipinski definition) is 2. The van der Waals surface area contributed by atoms with Crippen LogP contribution in [0.2, 0.25) is 0 Å². The lowest BCUT2D eigenvalue weighted by molar-refractivity contribution is 0.102. The van der Waals surface area contributed by atoms with Crippen LogP contribution >= 0.6 is 0 Å². The summed E-state index contributed by atoms with van der Waals surface area (Å²) in [5.74, 6) is 1.73. The van der Waals surface area contributed by atoms with E-state index < -0.39 is 0 Å². The summed E-state index contributed by atoms with van der Waals surface area (Å²) in [6, 6.07) is 16.7. The molecule has 3 rings (SSSR count). The summed E-state index contributed by atoms with van der Waals surface area (Å²) in [6.45, 7) is 2.94. The van der Waals surface area contributed by atoms with Crippen LogP contribution in [0.5, 0.6) is 11.5 Å². The maximum atomic E-state index is 12.3. The molecular weight excluding hydrogens is 340 g/mol. The lowest BCUT2D eigenvalue weighted by Gasteiger charge is -2.08. The van der Waals surface area contributed by atoms with Crippen molar-refractivity contribution in [2.24, 2.45) is 0 Å². The zero-order valence-corrected chi connectivity index (χ0v) is 15.2. The molecule has 0 saturated carbocycles. The van der Waals surface area contributed by atoms with Crippen LogP contribution in [-0.4, -0.2) is 22.4 Å². The van der Waals surface area contributed by atoms with Crippen molar-refractivity contribution in [3.63, 3.8) is 0 Å². The number of amides is 1. The standard InChI is InChI=1S/C21H22N4O2/c1-2-3-13-22-21-23-14-16(15-24-21)20(26)25-17-9-11-19(12-10-17)27-18-7-5-4-6-8-18/h4-12,14-15H,2-3,13H2,1H3,(H,25,26)(H,22,23,24). The maximum absolute atomic E-state index is 12.3. The summed E-state index contributed by atoms with van der Waals surface area (Å²) in [5, 5.41) is 5.95. The molecule has 0 spiro atoms. The van der Waals surface area contributed by atoms with Gasteiger partial charge in [0.15, 0.2) is 0 Å². The first kappa shape index (κ1) is 18.4. The van der Waals surface area contributed by atoms with Crippen molar-refractivity contribution in [2.45, 2.75) is 19.8 Å². The molecule has 0 aliphatic rings. The Hall–Kier alpha value is -3.41. The molecule has 27 heavy (non-hydrogen) atoms. The minimum Gasteiger partial charge on any atom is -0.457 e. The van der Waals surface area contributed by atoms with Crippen LogP contribution in [0.4, 0.5) is 11.6 Å². The number of benzene rings is 2. The summed E-state index contributed by atoms with van der Waals surface area (Å²) in [5.41, 5.74) is 1.08. The normalized spacial score (nSPS) is 10.3. The molecule has 3 aromatic rings. The average molecular weight is 362 g/mol. The molecule has 6 heteroatoms. The third kappa shape index (κ3) is 5.54. The first-order valence-corrected chi connectivity index (χ1v) is 8.95. The van der Waals surface area contributed by atoms with Gasteiger partial charge in [-0.2, -0.15) is 0 Å². The van der Waals surface area contributed by atoms with E-state index in [-0.39, 0.29) is 5.91 Å². The molecule has 0 radical (unpaired) electrons. The average Bonchev–Trinajstić information content (AvgIpc) is 2.71. The van der Waals surface area contributed by atoms with Gasteiger partial charge in [-0.15, -0.1) is 0 Å². The Balaban J connectivity index is 1.55. The first-order chi connectivity index (χ1) is 13.2. The van der Waals surface area contributed by atoms with Gasteiger partial charge in [0.05, 0.1) is 5.56 Å². The van der Waals surface area contributed by atoms with Gasteiger partial charge in [0.25, 0.3) is 5.91 Å². The fourth-order valence-electron chi connectivity index (χ4n) is 2.35. The van der Waals surface area contributed by atoms with E-state index in [4.69, 9.17) is 4.74 Å². The number of ether oxygens (including phenoxy) is 1.